The van der Waals surface area contributed by atoms with Crippen LogP contribution in [-0.4, -0.2) is 65.7 Å². The van der Waals surface area contributed by atoms with Crippen LogP contribution in [0.5, 0.6) is 0 Å². The number of carbonyl (C=O) groups is 2. The van der Waals surface area contributed by atoms with E-state index < -0.39 is 0 Å². The van der Waals surface area contributed by atoms with Gasteiger partial charge in [-0.15, -0.1) is 0 Å². The third-order valence-electron chi connectivity index (χ3n) is 6.77. The molecule has 4 rings (SSSR count). The number of nitrogens with one attached hydrogen (secondary N) is 1. The number of rotatable bonds is 4. The molecule has 0 aliphatic carbocycles. The fourth-order valence-electron chi connectivity index (χ4n) is 5.45. The zero-order valence-electron chi connectivity index (χ0n) is 17.6. The number of ether oxygens (including phenoxy) is 1. The average Bonchev–Trinajstić information content (AvgIpc) is 2.98. The predicted octanol–water partition coefficient (Wildman–Crippen LogP) is 3.34. The molecule has 158 valence electrons. The minimum Gasteiger partial charge on any atom is -0.450 e. The van der Waals surface area contributed by atoms with Gasteiger partial charge in [0.2, 0.25) is 0 Å². The van der Waals surface area contributed by atoms with Crippen molar-refractivity contribution in [2.45, 2.75) is 76.5 Å². The van der Waals surface area contributed by atoms with Gasteiger partial charge >= 0.3 is 6.09 Å². The fourth-order valence-corrected chi connectivity index (χ4v) is 5.45. The van der Waals surface area contributed by atoms with Gasteiger partial charge in [-0.3, -0.25) is 9.69 Å². The number of aryl methyl sites for hydroxylation is 1. The first kappa shape index (κ1) is 20.2. The Labute approximate surface area is 173 Å². The van der Waals surface area contributed by atoms with Gasteiger partial charge in [-0.1, -0.05) is 17.7 Å². The summed E-state index contributed by atoms with van der Waals surface area (Å²) in [5.74, 6) is 0.0257. The number of hydrogen-bond acceptors (Lipinski definition) is 4. The normalized spacial score (nSPS) is 29.5. The molecule has 3 heterocycles. The van der Waals surface area contributed by atoms with Gasteiger partial charge in [0.1, 0.15) is 0 Å². The number of amides is 2. The van der Waals surface area contributed by atoms with Crippen LogP contribution in [0.25, 0.3) is 0 Å². The Balaban J connectivity index is 1.35. The molecule has 3 fully saturated rings. The first-order valence-corrected chi connectivity index (χ1v) is 11.1. The zero-order chi connectivity index (χ0) is 20.4. The molecule has 0 saturated carbocycles. The highest BCUT2D eigenvalue weighted by atomic mass is 16.6. The van der Waals surface area contributed by atoms with E-state index in [1.54, 1.807) is 0 Å². The molecule has 6 heteroatoms. The van der Waals surface area contributed by atoms with Crippen LogP contribution in [0.4, 0.5) is 4.79 Å². The summed E-state index contributed by atoms with van der Waals surface area (Å²) in [6.45, 7) is 6.30. The Morgan fingerprint density at radius 2 is 1.90 bits per heavy atom. The maximum atomic E-state index is 12.7. The molecule has 2 unspecified atom stereocenters. The van der Waals surface area contributed by atoms with Gasteiger partial charge in [-0.25, -0.2) is 4.79 Å². The summed E-state index contributed by atoms with van der Waals surface area (Å²) in [7, 11) is 0. The second kappa shape index (κ2) is 8.74. The molecule has 0 spiro atoms. The van der Waals surface area contributed by atoms with Gasteiger partial charge < -0.3 is 15.0 Å². The average molecular weight is 400 g/mol. The maximum absolute atomic E-state index is 12.7. The van der Waals surface area contributed by atoms with E-state index in [9.17, 15) is 9.59 Å². The van der Waals surface area contributed by atoms with E-state index in [4.69, 9.17) is 4.74 Å². The van der Waals surface area contributed by atoms with E-state index in [2.05, 4.69) is 10.2 Å². The molecule has 3 atom stereocenters. The SMILES string of the molecule is CCOC(=O)N1C2CCC1CC(N1CCC[C@@H](NC(=O)c3cccc(C)c3)C1)C2. The lowest BCUT2D eigenvalue weighted by molar-refractivity contribution is 0.0309. The summed E-state index contributed by atoms with van der Waals surface area (Å²) in [5.41, 5.74) is 1.84. The topological polar surface area (TPSA) is 61.9 Å². The summed E-state index contributed by atoms with van der Waals surface area (Å²) in [6.07, 6.45) is 6.21. The van der Waals surface area contributed by atoms with Crippen molar-refractivity contribution >= 4 is 12.0 Å². The number of piperidine rings is 2. The quantitative estimate of drug-likeness (QED) is 0.844. The standard InChI is InChI=1S/C23H33N3O3/c1-3-29-23(28)26-19-9-10-20(26)14-21(13-19)25-11-5-8-18(15-25)24-22(27)17-7-4-6-16(2)12-17/h4,6-7,12,18-21H,3,5,8-11,13-15H2,1-2H3,(H,24,27)/t18-,19?,20?,21?/m1/s1. The maximum Gasteiger partial charge on any atom is 0.410 e. The van der Waals surface area contributed by atoms with Crippen LogP contribution in [0, 0.1) is 6.92 Å². The highest BCUT2D eigenvalue weighted by Gasteiger charge is 2.45. The van der Waals surface area contributed by atoms with E-state index in [1.807, 2.05) is 43.0 Å². The molecule has 0 aromatic heterocycles. The molecular weight excluding hydrogens is 366 g/mol. The van der Waals surface area contributed by atoms with Crippen molar-refractivity contribution in [2.24, 2.45) is 0 Å². The van der Waals surface area contributed by atoms with Gasteiger partial charge in [0.15, 0.2) is 0 Å². The molecule has 2 bridgehead atoms. The summed E-state index contributed by atoms with van der Waals surface area (Å²) >= 11 is 0. The lowest BCUT2D eigenvalue weighted by Gasteiger charge is -2.45. The first-order valence-electron chi connectivity index (χ1n) is 11.1. The van der Waals surface area contributed by atoms with E-state index >= 15 is 0 Å². The van der Waals surface area contributed by atoms with Crippen molar-refractivity contribution in [1.82, 2.24) is 15.1 Å². The van der Waals surface area contributed by atoms with Crippen LogP contribution in [-0.2, 0) is 4.74 Å². The minimum atomic E-state index is -0.139. The summed E-state index contributed by atoms with van der Waals surface area (Å²) in [4.78, 5) is 29.5. The second-order valence-corrected chi connectivity index (χ2v) is 8.79. The smallest absolute Gasteiger partial charge is 0.410 e. The van der Waals surface area contributed by atoms with Gasteiger partial charge in [-0.05, 0) is 71.0 Å². The van der Waals surface area contributed by atoms with Crippen molar-refractivity contribution in [3.8, 4) is 0 Å². The largest absolute Gasteiger partial charge is 0.450 e. The van der Waals surface area contributed by atoms with Crippen LogP contribution >= 0.6 is 0 Å². The van der Waals surface area contributed by atoms with E-state index in [1.165, 1.54) is 0 Å². The first-order chi connectivity index (χ1) is 14.0. The molecule has 2 amide bonds. The summed E-state index contributed by atoms with van der Waals surface area (Å²) < 4.78 is 5.28. The third-order valence-corrected chi connectivity index (χ3v) is 6.77. The Hall–Kier alpha value is -2.08. The monoisotopic (exact) mass is 399 g/mol. The highest BCUT2D eigenvalue weighted by molar-refractivity contribution is 5.94. The summed E-state index contributed by atoms with van der Waals surface area (Å²) in [5, 5.41) is 3.25. The number of carbonyl (C=O) groups excluding carboxylic acids is 2. The van der Waals surface area contributed by atoms with E-state index in [0.29, 0.717) is 24.7 Å². The molecule has 3 saturated heterocycles. The van der Waals surface area contributed by atoms with Gasteiger partial charge in [0, 0.05) is 36.3 Å². The second-order valence-electron chi connectivity index (χ2n) is 8.79. The van der Waals surface area contributed by atoms with Crippen LogP contribution in [0.3, 0.4) is 0 Å². The molecule has 0 radical (unpaired) electrons. The molecule has 3 aliphatic heterocycles. The lowest BCUT2D eigenvalue weighted by atomic mass is 9.93. The van der Waals surface area contributed by atoms with E-state index in [0.717, 1.165) is 62.7 Å². The van der Waals surface area contributed by atoms with Crippen LogP contribution in [0.2, 0.25) is 0 Å². The molecule has 1 aromatic carbocycles. The summed E-state index contributed by atoms with van der Waals surface area (Å²) in [6, 6.07) is 9.07. The van der Waals surface area contributed by atoms with Crippen molar-refractivity contribution in [1.29, 1.82) is 0 Å². The van der Waals surface area contributed by atoms with Crippen molar-refractivity contribution in [2.75, 3.05) is 19.7 Å². The Morgan fingerprint density at radius 1 is 1.14 bits per heavy atom. The number of likely N-dealkylation sites (tertiary alicyclic amines) is 1. The molecule has 3 aliphatic rings. The van der Waals surface area contributed by atoms with E-state index in [-0.39, 0.29) is 18.0 Å². The molecular formula is C23H33N3O3. The minimum absolute atomic E-state index is 0.0257. The molecule has 6 nitrogen and oxygen atoms in total. The Bertz CT molecular complexity index is 739. The van der Waals surface area contributed by atoms with Gasteiger partial charge in [0.25, 0.3) is 5.91 Å². The van der Waals surface area contributed by atoms with Crippen LogP contribution in [0.15, 0.2) is 24.3 Å². The molecule has 29 heavy (non-hydrogen) atoms. The number of fused-ring (bicyclic) bond motifs is 2. The van der Waals surface area contributed by atoms with Crippen LogP contribution < -0.4 is 5.32 Å². The zero-order valence-corrected chi connectivity index (χ0v) is 17.6. The van der Waals surface area contributed by atoms with Crippen LogP contribution in [0.1, 0.15) is 61.4 Å². The molecule has 1 N–H and O–H groups in total. The molecule has 1 aromatic rings. The predicted molar refractivity (Wildman–Crippen MR) is 112 cm³/mol. The van der Waals surface area contributed by atoms with Crippen molar-refractivity contribution in [3.63, 3.8) is 0 Å². The lowest BCUT2D eigenvalue weighted by Crippen LogP contribution is -2.56. The number of hydrogen-bond donors (Lipinski definition) is 1. The third kappa shape index (κ3) is 4.42. The van der Waals surface area contributed by atoms with Crippen molar-refractivity contribution < 1.29 is 14.3 Å². The Morgan fingerprint density at radius 3 is 2.59 bits per heavy atom. The van der Waals surface area contributed by atoms with Crippen molar-refractivity contribution in [3.05, 3.63) is 35.4 Å². The highest BCUT2D eigenvalue weighted by Crippen LogP contribution is 2.38. The number of benzene rings is 1. The van der Waals surface area contributed by atoms with Gasteiger partial charge in [0.05, 0.1) is 6.61 Å². The van der Waals surface area contributed by atoms with Gasteiger partial charge in [-0.2, -0.15) is 0 Å². The number of nitrogens with zero attached hydrogens (tertiary/aromatic N) is 2. The Kier molecular flexibility index (Phi) is 6.09. The fraction of sp³-hybridized carbons (Fsp3) is 0.652.